The lowest BCUT2D eigenvalue weighted by Gasteiger charge is -2.39. The zero-order valence-corrected chi connectivity index (χ0v) is 18.3. The van der Waals surface area contributed by atoms with Crippen molar-refractivity contribution in [2.75, 3.05) is 13.7 Å². The van der Waals surface area contributed by atoms with Crippen LogP contribution in [0.2, 0.25) is 0 Å². The number of benzene rings is 1. The van der Waals surface area contributed by atoms with Crippen molar-refractivity contribution in [3.05, 3.63) is 29.8 Å². The molecule has 3 rings (SSSR count). The number of carbonyl (C=O) groups excluding carboxylic acids is 1. The minimum absolute atomic E-state index is 0.189. The van der Waals surface area contributed by atoms with Crippen LogP contribution in [0, 0.1) is 0 Å². The van der Waals surface area contributed by atoms with E-state index in [2.05, 4.69) is 35.8 Å². The number of hydrogen-bond donors (Lipinski definition) is 1. The number of aliphatic hydroxyl groups is 1. The fourth-order valence-electron chi connectivity index (χ4n) is 5.09. The lowest BCUT2D eigenvalue weighted by molar-refractivity contribution is -0.137. The number of ether oxygens (including phenoxy) is 1. The second kappa shape index (κ2) is 10.4. The molecule has 1 amide bonds. The topological polar surface area (TPSA) is 53.0 Å². The predicted octanol–water partition coefficient (Wildman–Crippen LogP) is 3.98. The minimum Gasteiger partial charge on any atom is -0.497 e. The molecule has 1 aromatic carbocycles. The molecule has 5 nitrogen and oxygen atoms in total. The molecule has 2 saturated carbocycles. The molecule has 29 heavy (non-hydrogen) atoms. The summed E-state index contributed by atoms with van der Waals surface area (Å²) in [7, 11) is 1.69. The van der Waals surface area contributed by atoms with Gasteiger partial charge in [-0.15, -0.1) is 0 Å². The summed E-state index contributed by atoms with van der Waals surface area (Å²) in [6.07, 6.45) is 8.09. The van der Waals surface area contributed by atoms with Crippen LogP contribution in [0.25, 0.3) is 0 Å². The summed E-state index contributed by atoms with van der Waals surface area (Å²) in [6, 6.07) is 9.10. The monoisotopic (exact) mass is 402 g/mol. The Hall–Kier alpha value is -1.59. The van der Waals surface area contributed by atoms with Crippen LogP contribution in [0.5, 0.6) is 5.75 Å². The van der Waals surface area contributed by atoms with Gasteiger partial charge in [-0.3, -0.25) is 9.69 Å². The quantitative estimate of drug-likeness (QED) is 0.715. The van der Waals surface area contributed by atoms with Gasteiger partial charge in [0.05, 0.1) is 19.8 Å². The predicted molar refractivity (Wildman–Crippen MR) is 116 cm³/mol. The smallest absolute Gasteiger partial charge is 0.237 e. The van der Waals surface area contributed by atoms with Crippen molar-refractivity contribution in [2.24, 2.45) is 0 Å². The molecule has 0 aliphatic heterocycles. The van der Waals surface area contributed by atoms with Gasteiger partial charge in [0.25, 0.3) is 0 Å². The van der Waals surface area contributed by atoms with Gasteiger partial charge >= 0.3 is 0 Å². The van der Waals surface area contributed by atoms with Gasteiger partial charge in [0.1, 0.15) is 5.75 Å². The first-order valence-electron chi connectivity index (χ1n) is 11.3. The molecule has 0 saturated heterocycles. The largest absolute Gasteiger partial charge is 0.497 e. The maximum atomic E-state index is 13.4. The van der Waals surface area contributed by atoms with Crippen molar-refractivity contribution < 1.29 is 14.6 Å². The highest BCUT2D eigenvalue weighted by molar-refractivity contribution is 5.79. The fourth-order valence-corrected chi connectivity index (χ4v) is 5.09. The Kier molecular flexibility index (Phi) is 7.96. The summed E-state index contributed by atoms with van der Waals surface area (Å²) in [5.41, 5.74) is 1.17. The summed E-state index contributed by atoms with van der Waals surface area (Å²) in [5, 5.41) is 9.94. The van der Waals surface area contributed by atoms with E-state index in [4.69, 9.17) is 4.74 Å². The van der Waals surface area contributed by atoms with E-state index in [1.807, 2.05) is 12.1 Å². The number of nitrogens with zero attached hydrogens (tertiary/aromatic N) is 2. The Morgan fingerprint density at radius 3 is 2.41 bits per heavy atom. The van der Waals surface area contributed by atoms with Crippen molar-refractivity contribution in [1.29, 1.82) is 0 Å². The zero-order valence-electron chi connectivity index (χ0n) is 18.3. The number of amides is 1. The van der Waals surface area contributed by atoms with E-state index in [9.17, 15) is 9.90 Å². The molecule has 5 heteroatoms. The fraction of sp³-hybridized carbons (Fsp3) is 0.708. The highest BCUT2D eigenvalue weighted by Crippen LogP contribution is 2.28. The molecule has 2 aliphatic carbocycles. The van der Waals surface area contributed by atoms with Crippen LogP contribution in [0.1, 0.15) is 70.8 Å². The third-order valence-corrected chi connectivity index (χ3v) is 6.60. The van der Waals surface area contributed by atoms with Crippen LogP contribution in [-0.4, -0.2) is 58.7 Å². The zero-order chi connectivity index (χ0) is 20.8. The number of rotatable bonds is 8. The first kappa shape index (κ1) is 22.1. The Balaban J connectivity index is 1.75. The summed E-state index contributed by atoms with van der Waals surface area (Å²) in [5.74, 6) is 1.10. The summed E-state index contributed by atoms with van der Waals surface area (Å²) in [4.78, 5) is 17.9. The van der Waals surface area contributed by atoms with E-state index in [0.717, 1.165) is 50.8 Å². The van der Waals surface area contributed by atoms with Gasteiger partial charge in [-0.1, -0.05) is 25.0 Å². The van der Waals surface area contributed by atoms with Gasteiger partial charge in [0.2, 0.25) is 5.91 Å². The third-order valence-electron chi connectivity index (χ3n) is 6.60. The number of aliphatic hydroxyl groups excluding tert-OH is 1. The van der Waals surface area contributed by atoms with E-state index in [1.54, 1.807) is 7.11 Å². The van der Waals surface area contributed by atoms with Gasteiger partial charge in [-0.05, 0) is 70.1 Å². The Morgan fingerprint density at radius 1 is 1.10 bits per heavy atom. The minimum atomic E-state index is -0.189. The van der Waals surface area contributed by atoms with Crippen molar-refractivity contribution in [2.45, 2.75) is 96.0 Å². The third kappa shape index (κ3) is 5.95. The van der Waals surface area contributed by atoms with Crippen molar-refractivity contribution in [1.82, 2.24) is 9.80 Å². The maximum absolute atomic E-state index is 13.4. The lowest BCUT2D eigenvalue weighted by Crippen LogP contribution is -2.50. The molecule has 2 fully saturated rings. The first-order chi connectivity index (χ1) is 14.0. The van der Waals surface area contributed by atoms with Crippen molar-refractivity contribution in [3.63, 3.8) is 0 Å². The van der Waals surface area contributed by atoms with Gasteiger partial charge in [0, 0.05) is 24.7 Å². The van der Waals surface area contributed by atoms with E-state index in [0.29, 0.717) is 18.6 Å². The Morgan fingerprint density at radius 2 is 1.79 bits per heavy atom. The number of hydrogen-bond acceptors (Lipinski definition) is 4. The van der Waals surface area contributed by atoms with Crippen LogP contribution in [0.4, 0.5) is 0 Å². The molecular weight excluding hydrogens is 364 g/mol. The molecule has 0 spiro atoms. The molecule has 0 bridgehead atoms. The van der Waals surface area contributed by atoms with Crippen LogP contribution >= 0.6 is 0 Å². The lowest BCUT2D eigenvalue weighted by atomic mass is 9.91. The molecule has 0 unspecified atom stereocenters. The van der Waals surface area contributed by atoms with Crippen LogP contribution in [-0.2, 0) is 11.3 Å². The molecule has 1 N–H and O–H groups in total. The van der Waals surface area contributed by atoms with Crippen molar-refractivity contribution >= 4 is 5.91 Å². The van der Waals surface area contributed by atoms with Crippen LogP contribution in [0.3, 0.4) is 0 Å². The highest BCUT2D eigenvalue weighted by Gasteiger charge is 2.32. The molecule has 0 heterocycles. The highest BCUT2D eigenvalue weighted by atomic mass is 16.5. The average Bonchev–Trinajstić information content (AvgIpc) is 3.22. The van der Waals surface area contributed by atoms with Crippen molar-refractivity contribution in [3.8, 4) is 5.75 Å². The molecule has 0 aromatic heterocycles. The number of carbonyl (C=O) groups is 1. The van der Waals surface area contributed by atoms with Gasteiger partial charge in [-0.25, -0.2) is 0 Å². The second-order valence-corrected chi connectivity index (χ2v) is 9.05. The van der Waals surface area contributed by atoms with Gasteiger partial charge < -0.3 is 14.7 Å². The van der Waals surface area contributed by atoms with Crippen LogP contribution in [0.15, 0.2) is 24.3 Å². The number of methoxy groups -OCH3 is 1. The summed E-state index contributed by atoms with van der Waals surface area (Å²) < 4.78 is 5.39. The van der Waals surface area contributed by atoms with E-state index in [1.165, 1.54) is 18.4 Å². The first-order valence-corrected chi connectivity index (χ1v) is 11.3. The second-order valence-electron chi connectivity index (χ2n) is 9.05. The van der Waals surface area contributed by atoms with E-state index in [-0.39, 0.29) is 18.1 Å². The Bertz CT molecular complexity index is 649. The maximum Gasteiger partial charge on any atom is 0.237 e. The summed E-state index contributed by atoms with van der Waals surface area (Å²) in [6.45, 7) is 5.46. The normalized spacial score (nSPS) is 23.0. The van der Waals surface area contributed by atoms with Gasteiger partial charge in [0.15, 0.2) is 0 Å². The standard InChI is InChI=1S/C24H38N2O3/c1-18(2)26(21-8-4-5-9-21)24(28)17-25(20-11-13-22(27)14-12-20)16-19-7-6-10-23(15-19)29-3/h6-7,10,15,18,20-22,27H,4-5,8-9,11-14,16-17H2,1-3H3. The van der Waals surface area contributed by atoms with E-state index < -0.39 is 0 Å². The molecular formula is C24H38N2O3. The molecule has 0 radical (unpaired) electrons. The Labute approximate surface area is 176 Å². The van der Waals surface area contributed by atoms with Crippen LogP contribution < -0.4 is 4.74 Å². The SMILES string of the molecule is COc1cccc(CN(CC(=O)N(C(C)C)C2CCCC2)C2CCC(O)CC2)c1. The van der Waals surface area contributed by atoms with Gasteiger partial charge in [-0.2, -0.15) is 0 Å². The average molecular weight is 403 g/mol. The molecule has 162 valence electrons. The molecule has 1 aromatic rings. The molecule has 0 atom stereocenters. The molecule has 2 aliphatic rings. The summed E-state index contributed by atoms with van der Waals surface area (Å²) >= 11 is 0. The van der Waals surface area contributed by atoms with E-state index >= 15 is 0 Å².